The minimum Gasteiger partial charge on any atom is -0.365 e. The molecule has 0 unspecified atom stereocenters. The van der Waals surface area contributed by atoms with E-state index in [-0.39, 0.29) is 27.9 Å². The fourth-order valence-electron chi connectivity index (χ4n) is 2.70. The number of halogens is 2. The lowest BCUT2D eigenvalue weighted by Gasteiger charge is -2.14. The van der Waals surface area contributed by atoms with Crippen molar-refractivity contribution in [3.63, 3.8) is 0 Å². The highest BCUT2D eigenvalue weighted by atomic mass is 79.9. The van der Waals surface area contributed by atoms with Crippen LogP contribution in [-0.2, 0) is 10.0 Å². The van der Waals surface area contributed by atoms with Crippen LogP contribution >= 0.6 is 15.9 Å². The highest BCUT2D eigenvalue weighted by molar-refractivity contribution is 9.10. The maximum Gasteiger partial charge on any atom is 0.253 e. The first kappa shape index (κ1) is 22.6. The van der Waals surface area contributed by atoms with Gasteiger partial charge in [0.2, 0.25) is 16.0 Å². The average Bonchev–Trinajstić information content (AvgIpc) is 2.71. The van der Waals surface area contributed by atoms with Gasteiger partial charge < -0.3 is 16.4 Å². The van der Waals surface area contributed by atoms with Gasteiger partial charge in [0.15, 0.2) is 0 Å². The van der Waals surface area contributed by atoms with Crippen LogP contribution < -0.4 is 21.1 Å². The molecule has 0 saturated heterocycles. The third-order valence-electron chi connectivity index (χ3n) is 4.28. The Hall–Kier alpha value is -3.09. The van der Waals surface area contributed by atoms with Gasteiger partial charge in [-0.15, -0.1) is 0 Å². The number of hydrogen-bond donors (Lipinski definition) is 4. The van der Waals surface area contributed by atoms with Crippen LogP contribution in [0.4, 0.5) is 27.5 Å². The highest BCUT2D eigenvalue weighted by Crippen LogP contribution is 2.29. The van der Waals surface area contributed by atoms with Gasteiger partial charge in [-0.25, -0.2) is 22.5 Å². The van der Waals surface area contributed by atoms with E-state index in [1.807, 2.05) is 0 Å². The summed E-state index contributed by atoms with van der Waals surface area (Å²) < 4.78 is 40.6. The molecule has 31 heavy (non-hydrogen) atoms. The van der Waals surface area contributed by atoms with Gasteiger partial charge in [-0.05, 0) is 65.8 Å². The van der Waals surface area contributed by atoms with Crippen molar-refractivity contribution in [1.82, 2.24) is 14.7 Å². The van der Waals surface area contributed by atoms with Crippen LogP contribution in [0.2, 0.25) is 0 Å². The van der Waals surface area contributed by atoms with Gasteiger partial charge in [0.25, 0.3) is 5.91 Å². The predicted molar refractivity (Wildman–Crippen MR) is 119 cm³/mol. The van der Waals surface area contributed by atoms with Crippen molar-refractivity contribution in [1.29, 1.82) is 0 Å². The second kappa shape index (κ2) is 8.96. The molecule has 3 aromatic rings. The van der Waals surface area contributed by atoms with Crippen LogP contribution in [0.5, 0.6) is 0 Å². The molecule has 9 nitrogen and oxygen atoms in total. The molecule has 0 bridgehead atoms. The van der Waals surface area contributed by atoms with Crippen molar-refractivity contribution < 1.29 is 17.6 Å². The Morgan fingerprint density at radius 2 is 1.90 bits per heavy atom. The number of nitrogens with zero attached hydrogens (tertiary/aromatic N) is 2. The minimum absolute atomic E-state index is 0.127. The molecule has 3 rings (SSSR count). The van der Waals surface area contributed by atoms with E-state index in [9.17, 15) is 17.6 Å². The lowest BCUT2D eigenvalue weighted by Crippen LogP contribution is -2.18. The van der Waals surface area contributed by atoms with E-state index in [2.05, 4.69) is 41.3 Å². The van der Waals surface area contributed by atoms with Crippen LogP contribution in [0.15, 0.2) is 52.0 Å². The summed E-state index contributed by atoms with van der Waals surface area (Å²) in [7, 11) is -2.23. The quantitative estimate of drug-likeness (QED) is 0.384. The molecule has 1 amide bonds. The van der Waals surface area contributed by atoms with E-state index in [1.54, 1.807) is 13.0 Å². The fraction of sp³-hybridized carbons (Fsp3) is 0.105. The minimum atomic E-state index is -3.57. The van der Waals surface area contributed by atoms with Gasteiger partial charge in [0, 0.05) is 11.9 Å². The van der Waals surface area contributed by atoms with Crippen LogP contribution in [0.3, 0.4) is 0 Å². The lowest BCUT2D eigenvalue weighted by molar-refractivity contribution is 0.0997. The third kappa shape index (κ3) is 4.98. The van der Waals surface area contributed by atoms with Gasteiger partial charge >= 0.3 is 0 Å². The summed E-state index contributed by atoms with van der Waals surface area (Å²) in [6.07, 6.45) is 1.47. The standard InChI is InChI=1S/C19H18BrFN6O3S/c1-10-8-11(31(29,30)23-2)6-7-14(10)26-19-24-9-12(20)18(27-19)25-15-5-3-4-13(21)16(15)17(22)28/h3-9,23H,1-2H3,(H2,22,28)(H2,24,25,26,27). The normalized spacial score (nSPS) is 11.2. The highest BCUT2D eigenvalue weighted by Gasteiger charge is 2.17. The summed E-state index contributed by atoms with van der Waals surface area (Å²) >= 11 is 3.31. The zero-order chi connectivity index (χ0) is 22.8. The molecule has 0 fully saturated rings. The van der Waals surface area contributed by atoms with Crippen molar-refractivity contribution in [3.8, 4) is 0 Å². The van der Waals surface area contributed by atoms with Gasteiger partial charge in [-0.2, -0.15) is 4.98 Å². The van der Waals surface area contributed by atoms with E-state index >= 15 is 0 Å². The van der Waals surface area contributed by atoms with E-state index in [0.717, 1.165) is 6.07 Å². The summed E-state index contributed by atoms with van der Waals surface area (Å²) in [5.41, 5.74) is 6.38. The first-order valence-electron chi connectivity index (χ1n) is 8.81. The Balaban J connectivity index is 1.91. The number of aryl methyl sites for hydroxylation is 1. The van der Waals surface area contributed by atoms with Crippen molar-refractivity contribution in [2.45, 2.75) is 11.8 Å². The summed E-state index contributed by atoms with van der Waals surface area (Å²) in [5.74, 6) is -1.22. The second-order valence-corrected chi connectivity index (χ2v) is 9.09. The summed E-state index contributed by atoms with van der Waals surface area (Å²) in [5, 5.41) is 5.88. The van der Waals surface area contributed by atoms with Crippen LogP contribution in [0, 0.1) is 12.7 Å². The molecule has 0 aliphatic rings. The maximum absolute atomic E-state index is 14.0. The monoisotopic (exact) mass is 508 g/mol. The van der Waals surface area contributed by atoms with Crippen LogP contribution in [0.25, 0.3) is 0 Å². The van der Waals surface area contributed by atoms with E-state index < -0.39 is 21.7 Å². The average molecular weight is 509 g/mol. The number of sulfonamides is 1. The number of primary amides is 1. The summed E-state index contributed by atoms with van der Waals surface area (Å²) in [6.45, 7) is 1.74. The molecule has 1 heterocycles. The number of carbonyl (C=O) groups excluding carboxylic acids is 1. The zero-order valence-corrected chi connectivity index (χ0v) is 18.8. The molecule has 162 valence electrons. The Labute approximate surface area is 186 Å². The molecule has 0 spiro atoms. The van der Waals surface area contributed by atoms with Crippen molar-refractivity contribution in [2.24, 2.45) is 5.73 Å². The summed E-state index contributed by atoms with van der Waals surface area (Å²) in [6, 6.07) is 8.62. The predicted octanol–water partition coefficient (Wildman–Crippen LogP) is 3.18. The van der Waals surface area contributed by atoms with Gasteiger partial charge in [-0.1, -0.05) is 6.07 Å². The molecule has 5 N–H and O–H groups in total. The van der Waals surface area contributed by atoms with Crippen molar-refractivity contribution >= 4 is 55.0 Å². The number of amides is 1. The van der Waals surface area contributed by atoms with E-state index in [4.69, 9.17) is 5.73 Å². The lowest BCUT2D eigenvalue weighted by atomic mass is 10.1. The van der Waals surface area contributed by atoms with Crippen LogP contribution in [-0.4, -0.2) is 31.3 Å². The molecule has 0 atom stereocenters. The molecular weight excluding hydrogens is 491 g/mol. The van der Waals surface area contributed by atoms with Gasteiger partial charge in [0.05, 0.1) is 20.6 Å². The van der Waals surface area contributed by atoms with Crippen molar-refractivity contribution in [2.75, 3.05) is 17.7 Å². The van der Waals surface area contributed by atoms with Crippen molar-refractivity contribution in [3.05, 3.63) is 64.0 Å². The number of carbonyl (C=O) groups is 1. The second-order valence-electron chi connectivity index (χ2n) is 6.35. The van der Waals surface area contributed by atoms with Gasteiger partial charge in [0.1, 0.15) is 11.6 Å². The Bertz CT molecular complexity index is 1270. The number of aromatic nitrogens is 2. The number of hydrogen-bond acceptors (Lipinski definition) is 7. The first-order valence-corrected chi connectivity index (χ1v) is 11.1. The Morgan fingerprint density at radius 3 is 2.55 bits per heavy atom. The van der Waals surface area contributed by atoms with E-state index in [0.29, 0.717) is 15.7 Å². The number of benzene rings is 2. The first-order chi connectivity index (χ1) is 14.6. The number of nitrogens with two attached hydrogens (primary N) is 1. The molecule has 12 heteroatoms. The maximum atomic E-state index is 14.0. The fourth-order valence-corrected chi connectivity index (χ4v) is 3.81. The largest absolute Gasteiger partial charge is 0.365 e. The number of anilines is 4. The molecule has 0 radical (unpaired) electrons. The number of nitrogens with one attached hydrogen (secondary N) is 3. The Morgan fingerprint density at radius 1 is 1.16 bits per heavy atom. The topological polar surface area (TPSA) is 139 Å². The molecular formula is C19H18BrFN6O3S. The third-order valence-corrected chi connectivity index (χ3v) is 6.27. The molecule has 0 saturated carbocycles. The van der Waals surface area contributed by atoms with Gasteiger partial charge in [-0.3, -0.25) is 4.79 Å². The Kier molecular flexibility index (Phi) is 6.53. The zero-order valence-electron chi connectivity index (χ0n) is 16.4. The van der Waals surface area contributed by atoms with Crippen LogP contribution in [0.1, 0.15) is 15.9 Å². The molecule has 2 aromatic carbocycles. The van der Waals surface area contributed by atoms with E-state index in [1.165, 1.54) is 37.5 Å². The smallest absolute Gasteiger partial charge is 0.253 e. The molecule has 0 aliphatic carbocycles. The molecule has 1 aromatic heterocycles. The summed E-state index contributed by atoms with van der Waals surface area (Å²) in [4.78, 5) is 20.3. The molecule has 0 aliphatic heterocycles. The number of rotatable bonds is 7. The SMILES string of the molecule is CNS(=O)(=O)c1ccc(Nc2ncc(Br)c(Nc3cccc(F)c3C(N)=O)n2)c(C)c1.